The third-order valence-electron chi connectivity index (χ3n) is 5.08. The van der Waals surface area contributed by atoms with E-state index in [2.05, 4.69) is 47.1 Å². The molecule has 19 heavy (non-hydrogen) atoms. The molecule has 1 nitrogen and oxygen atoms in total. The molecule has 2 aliphatic rings. The maximum absolute atomic E-state index is 6.37. The lowest BCUT2D eigenvalue weighted by Crippen LogP contribution is -2.56. The van der Waals surface area contributed by atoms with Gasteiger partial charge in [0.2, 0.25) is 0 Å². The van der Waals surface area contributed by atoms with Gasteiger partial charge in [0.1, 0.15) is 11.9 Å². The molecular formula is C17H23BrO. The molecule has 3 rings (SSSR count). The first kappa shape index (κ1) is 13.5. The molecule has 0 radical (unpaired) electrons. The molecule has 2 atom stereocenters. The van der Waals surface area contributed by atoms with Gasteiger partial charge in [-0.3, -0.25) is 0 Å². The summed E-state index contributed by atoms with van der Waals surface area (Å²) < 4.78 is 6.37. The van der Waals surface area contributed by atoms with Crippen molar-refractivity contribution in [2.75, 3.05) is 0 Å². The zero-order chi connectivity index (χ0) is 13.3. The van der Waals surface area contributed by atoms with Gasteiger partial charge in [-0.05, 0) is 37.8 Å². The molecular weight excluding hydrogens is 300 g/mol. The fraction of sp³-hybridized carbons (Fsp3) is 0.647. The number of hydrogen-bond acceptors (Lipinski definition) is 1. The molecule has 0 N–H and O–H groups in total. The lowest BCUT2D eigenvalue weighted by atomic mass is 9.61. The van der Waals surface area contributed by atoms with Crippen molar-refractivity contribution in [3.63, 3.8) is 0 Å². The van der Waals surface area contributed by atoms with Crippen LogP contribution in [0.2, 0.25) is 0 Å². The summed E-state index contributed by atoms with van der Waals surface area (Å²) in [7, 11) is 0. The van der Waals surface area contributed by atoms with Crippen LogP contribution in [0.1, 0.15) is 50.5 Å². The Kier molecular flexibility index (Phi) is 3.88. The van der Waals surface area contributed by atoms with Crippen molar-refractivity contribution in [3.8, 4) is 5.75 Å². The Hall–Kier alpha value is -0.500. The van der Waals surface area contributed by atoms with E-state index in [1.54, 1.807) is 0 Å². The third-order valence-corrected chi connectivity index (χ3v) is 6.37. The van der Waals surface area contributed by atoms with E-state index < -0.39 is 0 Å². The average Bonchev–Trinajstić information content (AvgIpc) is 2.68. The number of hydrogen-bond donors (Lipinski definition) is 0. The van der Waals surface area contributed by atoms with E-state index in [0.717, 1.165) is 12.2 Å². The van der Waals surface area contributed by atoms with Crippen molar-refractivity contribution >= 4 is 15.9 Å². The molecule has 1 aromatic carbocycles. The fourth-order valence-electron chi connectivity index (χ4n) is 3.73. The van der Waals surface area contributed by atoms with Gasteiger partial charge < -0.3 is 4.74 Å². The smallest absolute Gasteiger partial charge is 0.122 e. The maximum atomic E-state index is 6.37. The Labute approximate surface area is 124 Å². The average molecular weight is 323 g/mol. The van der Waals surface area contributed by atoms with E-state index >= 15 is 0 Å². The zero-order valence-electron chi connectivity index (χ0n) is 11.7. The highest BCUT2D eigenvalue weighted by atomic mass is 79.9. The van der Waals surface area contributed by atoms with Crippen molar-refractivity contribution in [1.82, 2.24) is 0 Å². The van der Waals surface area contributed by atoms with Crippen molar-refractivity contribution in [3.05, 3.63) is 29.8 Å². The van der Waals surface area contributed by atoms with Crippen LogP contribution in [0.25, 0.3) is 0 Å². The molecule has 104 valence electrons. The van der Waals surface area contributed by atoms with E-state index in [1.165, 1.54) is 44.1 Å². The highest BCUT2D eigenvalue weighted by Gasteiger charge is 2.54. The van der Waals surface area contributed by atoms with Crippen LogP contribution in [0.5, 0.6) is 5.75 Å². The number of ether oxygens (including phenoxy) is 1. The molecule has 1 spiro atoms. The van der Waals surface area contributed by atoms with Crippen molar-refractivity contribution in [1.29, 1.82) is 0 Å². The van der Waals surface area contributed by atoms with E-state index in [-0.39, 0.29) is 0 Å². The van der Waals surface area contributed by atoms with Crippen LogP contribution in [-0.4, -0.2) is 10.9 Å². The van der Waals surface area contributed by atoms with Crippen LogP contribution in [0, 0.1) is 12.3 Å². The van der Waals surface area contributed by atoms with Gasteiger partial charge >= 0.3 is 0 Å². The van der Waals surface area contributed by atoms with Crippen LogP contribution in [-0.2, 0) is 0 Å². The minimum absolute atomic E-state index is 0.402. The Morgan fingerprint density at radius 1 is 1.11 bits per heavy atom. The van der Waals surface area contributed by atoms with Gasteiger partial charge in [-0.25, -0.2) is 0 Å². The minimum Gasteiger partial charge on any atom is -0.489 e. The summed E-state index contributed by atoms with van der Waals surface area (Å²) in [6.07, 6.45) is 9.78. The lowest BCUT2D eigenvalue weighted by molar-refractivity contribution is -0.0465. The monoisotopic (exact) mass is 322 g/mol. The van der Waals surface area contributed by atoms with E-state index in [4.69, 9.17) is 4.74 Å². The summed E-state index contributed by atoms with van der Waals surface area (Å²) in [6.45, 7) is 2.14. The first-order valence-electron chi connectivity index (χ1n) is 7.59. The molecule has 2 heteroatoms. The Bertz CT molecular complexity index is 435. The second kappa shape index (κ2) is 5.47. The highest BCUT2D eigenvalue weighted by molar-refractivity contribution is 9.09. The highest BCUT2D eigenvalue weighted by Crippen LogP contribution is 2.55. The number of para-hydroxylation sites is 1. The Morgan fingerprint density at radius 3 is 2.42 bits per heavy atom. The first-order chi connectivity index (χ1) is 9.22. The number of benzene rings is 1. The third kappa shape index (κ3) is 2.44. The van der Waals surface area contributed by atoms with E-state index in [1.807, 2.05) is 0 Å². The van der Waals surface area contributed by atoms with Gasteiger partial charge in [0, 0.05) is 10.2 Å². The largest absolute Gasteiger partial charge is 0.489 e. The molecule has 0 amide bonds. The van der Waals surface area contributed by atoms with Crippen molar-refractivity contribution < 1.29 is 4.74 Å². The molecule has 0 aliphatic heterocycles. The zero-order valence-corrected chi connectivity index (χ0v) is 13.3. The van der Waals surface area contributed by atoms with E-state index in [0.29, 0.717) is 16.3 Å². The summed E-state index contributed by atoms with van der Waals surface area (Å²) in [5.41, 5.74) is 1.66. The van der Waals surface area contributed by atoms with E-state index in [9.17, 15) is 0 Å². The maximum Gasteiger partial charge on any atom is 0.122 e. The number of aryl methyl sites for hydroxylation is 1. The SMILES string of the molecule is Cc1ccccc1OC1CC(Br)C12CCCCCC2. The molecule has 2 saturated carbocycles. The van der Waals surface area contributed by atoms with Crippen molar-refractivity contribution in [2.24, 2.45) is 5.41 Å². The predicted molar refractivity (Wildman–Crippen MR) is 83.1 cm³/mol. The fourth-order valence-corrected chi connectivity index (χ4v) is 4.82. The van der Waals surface area contributed by atoms with Gasteiger partial charge in [0.15, 0.2) is 0 Å². The standard InChI is InChI=1S/C17H23BrO/c1-13-8-4-5-9-14(13)19-16-12-15(18)17(16)10-6-2-3-7-11-17/h4-5,8-9,15-16H,2-3,6-7,10-12H2,1H3. The van der Waals surface area contributed by atoms with Crippen LogP contribution in [0.15, 0.2) is 24.3 Å². The van der Waals surface area contributed by atoms with Gasteiger partial charge in [0.25, 0.3) is 0 Å². The molecule has 0 heterocycles. The summed E-state index contributed by atoms with van der Waals surface area (Å²) in [5, 5.41) is 0. The Morgan fingerprint density at radius 2 is 1.79 bits per heavy atom. The van der Waals surface area contributed by atoms with Crippen molar-refractivity contribution in [2.45, 2.75) is 62.8 Å². The quantitative estimate of drug-likeness (QED) is 0.675. The Balaban J connectivity index is 1.76. The van der Waals surface area contributed by atoms with Crippen LogP contribution < -0.4 is 4.74 Å². The molecule has 1 aromatic rings. The topological polar surface area (TPSA) is 9.23 Å². The lowest BCUT2D eigenvalue weighted by Gasteiger charge is -2.53. The second-order valence-electron chi connectivity index (χ2n) is 6.22. The van der Waals surface area contributed by atoms with Crippen LogP contribution >= 0.6 is 15.9 Å². The first-order valence-corrected chi connectivity index (χ1v) is 8.50. The van der Waals surface area contributed by atoms with Crippen LogP contribution in [0.3, 0.4) is 0 Å². The summed E-state index contributed by atoms with van der Waals surface area (Å²) in [4.78, 5) is 0.659. The summed E-state index contributed by atoms with van der Waals surface area (Å²) in [5.74, 6) is 1.08. The molecule has 0 saturated heterocycles. The molecule has 0 bridgehead atoms. The number of alkyl halides is 1. The van der Waals surface area contributed by atoms with Crippen LogP contribution in [0.4, 0.5) is 0 Å². The minimum atomic E-state index is 0.402. The van der Waals surface area contributed by atoms with Gasteiger partial charge in [-0.1, -0.05) is 59.8 Å². The molecule has 2 aliphatic carbocycles. The van der Waals surface area contributed by atoms with Gasteiger partial charge in [-0.15, -0.1) is 0 Å². The molecule has 2 unspecified atom stereocenters. The molecule has 0 aromatic heterocycles. The molecule has 2 fully saturated rings. The van der Waals surface area contributed by atoms with Gasteiger partial charge in [-0.2, -0.15) is 0 Å². The van der Waals surface area contributed by atoms with Gasteiger partial charge in [0.05, 0.1) is 0 Å². The second-order valence-corrected chi connectivity index (χ2v) is 7.33. The number of halogens is 1. The number of rotatable bonds is 2. The normalized spacial score (nSPS) is 29.6. The predicted octanol–water partition coefficient (Wildman–Crippen LogP) is 5.25. The summed E-state index contributed by atoms with van der Waals surface area (Å²) in [6, 6.07) is 8.41. The summed E-state index contributed by atoms with van der Waals surface area (Å²) >= 11 is 3.91.